The van der Waals surface area contributed by atoms with E-state index in [-0.39, 0.29) is 24.3 Å². The summed E-state index contributed by atoms with van der Waals surface area (Å²) in [4.78, 5) is 11.8. The molecule has 19 heavy (non-hydrogen) atoms. The van der Waals surface area contributed by atoms with E-state index in [1.807, 2.05) is 0 Å². The van der Waals surface area contributed by atoms with Crippen molar-refractivity contribution in [3.63, 3.8) is 0 Å². The van der Waals surface area contributed by atoms with Gasteiger partial charge in [0.2, 0.25) is 0 Å². The Morgan fingerprint density at radius 2 is 2.42 bits per heavy atom. The van der Waals surface area contributed by atoms with E-state index in [0.717, 1.165) is 30.6 Å². The largest absolute Gasteiger partial charge is 0.394 e. The number of aliphatic hydroxyl groups is 1. The Balaban J connectivity index is 2.00. The Labute approximate surface area is 116 Å². The average Bonchev–Trinajstić information content (AvgIpc) is 2.44. The van der Waals surface area contributed by atoms with E-state index < -0.39 is 5.56 Å². The highest BCUT2D eigenvalue weighted by Gasteiger charge is 2.15. The Hall–Kier alpha value is -1.11. The van der Waals surface area contributed by atoms with Crippen molar-refractivity contribution in [2.45, 2.75) is 31.9 Å². The fraction of sp³-hybridized carbons (Fsp3) is 0.667. The fourth-order valence-electron chi connectivity index (χ4n) is 2.03. The number of anilines is 1. The fourth-order valence-corrected chi connectivity index (χ4v) is 2.25. The molecular formula is C12H18ClN3O3. The molecule has 1 unspecified atom stereocenters. The maximum Gasteiger partial charge on any atom is 0.287 e. The van der Waals surface area contributed by atoms with Crippen LogP contribution in [-0.4, -0.2) is 40.7 Å². The normalized spacial score (nSPS) is 19.4. The van der Waals surface area contributed by atoms with Crippen molar-refractivity contribution in [1.82, 2.24) is 9.78 Å². The molecule has 6 nitrogen and oxygen atoms in total. The van der Waals surface area contributed by atoms with Crippen LogP contribution < -0.4 is 10.9 Å². The van der Waals surface area contributed by atoms with Crippen LogP contribution in [0.2, 0.25) is 5.02 Å². The van der Waals surface area contributed by atoms with Crippen molar-refractivity contribution in [1.29, 1.82) is 0 Å². The molecule has 0 aliphatic carbocycles. The van der Waals surface area contributed by atoms with Crippen molar-refractivity contribution in [3.8, 4) is 0 Å². The van der Waals surface area contributed by atoms with Crippen molar-refractivity contribution >= 4 is 17.3 Å². The zero-order valence-electron chi connectivity index (χ0n) is 10.6. The number of nitrogens with one attached hydrogen (secondary N) is 1. The average molecular weight is 288 g/mol. The van der Waals surface area contributed by atoms with Gasteiger partial charge in [0.25, 0.3) is 5.56 Å². The van der Waals surface area contributed by atoms with Crippen LogP contribution in [0.4, 0.5) is 5.69 Å². The molecule has 1 atom stereocenters. The van der Waals surface area contributed by atoms with Crippen molar-refractivity contribution in [2.24, 2.45) is 0 Å². The van der Waals surface area contributed by atoms with Gasteiger partial charge in [-0.15, -0.1) is 0 Å². The first-order chi connectivity index (χ1) is 9.22. The molecule has 0 spiro atoms. The molecule has 2 heterocycles. The molecule has 1 aromatic heterocycles. The summed E-state index contributed by atoms with van der Waals surface area (Å²) in [6, 6.07) is 0. The number of halogens is 1. The van der Waals surface area contributed by atoms with Gasteiger partial charge in [-0.25, -0.2) is 4.68 Å². The topological polar surface area (TPSA) is 76.4 Å². The number of rotatable bonds is 5. The molecule has 1 aliphatic rings. The van der Waals surface area contributed by atoms with Gasteiger partial charge in [0.15, 0.2) is 0 Å². The van der Waals surface area contributed by atoms with Crippen LogP contribution in [0.25, 0.3) is 0 Å². The second kappa shape index (κ2) is 6.88. The predicted molar refractivity (Wildman–Crippen MR) is 72.7 cm³/mol. The van der Waals surface area contributed by atoms with Crippen LogP contribution in [0, 0.1) is 0 Å². The van der Waals surface area contributed by atoms with E-state index >= 15 is 0 Å². The summed E-state index contributed by atoms with van der Waals surface area (Å²) in [5.41, 5.74) is 0.111. The third-order valence-corrected chi connectivity index (χ3v) is 3.46. The predicted octanol–water partition coefficient (Wildman–Crippen LogP) is 0.870. The molecule has 0 aromatic carbocycles. The number of aromatic nitrogens is 2. The zero-order chi connectivity index (χ0) is 13.7. The molecule has 0 amide bonds. The second-order valence-electron chi connectivity index (χ2n) is 4.49. The van der Waals surface area contributed by atoms with E-state index in [4.69, 9.17) is 21.4 Å². The SMILES string of the molecule is O=c1c(Cl)c(NCC2CCCCO2)cnn1CCO. The highest BCUT2D eigenvalue weighted by molar-refractivity contribution is 6.32. The maximum atomic E-state index is 11.8. The molecule has 0 bridgehead atoms. The van der Waals surface area contributed by atoms with Gasteiger partial charge < -0.3 is 15.2 Å². The van der Waals surface area contributed by atoms with Gasteiger partial charge in [0, 0.05) is 13.2 Å². The van der Waals surface area contributed by atoms with Gasteiger partial charge in [-0.2, -0.15) is 5.10 Å². The van der Waals surface area contributed by atoms with Crippen molar-refractivity contribution in [2.75, 3.05) is 25.1 Å². The molecule has 0 radical (unpaired) electrons. The first kappa shape index (κ1) is 14.3. The molecule has 2 rings (SSSR count). The number of nitrogens with zero attached hydrogens (tertiary/aromatic N) is 2. The molecule has 1 fully saturated rings. The lowest BCUT2D eigenvalue weighted by Crippen LogP contribution is -2.29. The highest BCUT2D eigenvalue weighted by atomic mass is 35.5. The second-order valence-corrected chi connectivity index (χ2v) is 4.87. The molecule has 106 valence electrons. The zero-order valence-corrected chi connectivity index (χ0v) is 11.4. The van der Waals surface area contributed by atoms with E-state index in [0.29, 0.717) is 12.2 Å². The third-order valence-electron chi connectivity index (χ3n) is 3.09. The van der Waals surface area contributed by atoms with Crippen LogP contribution in [0.1, 0.15) is 19.3 Å². The summed E-state index contributed by atoms with van der Waals surface area (Å²) in [6.07, 6.45) is 4.94. The lowest BCUT2D eigenvalue weighted by molar-refractivity contribution is 0.0247. The van der Waals surface area contributed by atoms with Crippen molar-refractivity contribution in [3.05, 3.63) is 21.6 Å². The van der Waals surface area contributed by atoms with Crippen LogP contribution in [0.15, 0.2) is 11.0 Å². The lowest BCUT2D eigenvalue weighted by Gasteiger charge is -2.23. The van der Waals surface area contributed by atoms with Gasteiger partial charge in [-0.05, 0) is 19.3 Å². The van der Waals surface area contributed by atoms with E-state index in [1.54, 1.807) is 0 Å². The maximum absolute atomic E-state index is 11.8. The first-order valence-electron chi connectivity index (χ1n) is 6.44. The highest BCUT2D eigenvalue weighted by Crippen LogP contribution is 2.17. The van der Waals surface area contributed by atoms with Crippen LogP contribution in [0.3, 0.4) is 0 Å². The van der Waals surface area contributed by atoms with Crippen LogP contribution >= 0.6 is 11.6 Å². The Morgan fingerprint density at radius 3 is 3.11 bits per heavy atom. The standard InChI is InChI=1S/C12H18ClN3O3/c13-11-10(8-15-16(4-5-17)12(11)18)14-7-9-3-1-2-6-19-9/h8-9,14,17H,1-7H2. The minimum absolute atomic E-state index is 0.0965. The van der Waals surface area contributed by atoms with Gasteiger partial charge in [0.05, 0.1) is 31.1 Å². The van der Waals surface area contributed by atoms with E-state index in [9.17, 15) is 4.79 Å². The van der Waals surface area contributed by atoms with Gasteiger partial charge in [-0.1, -0.05) is 11.6 Å². The first-order valence-corrected chi connectivity index (χ1v) is 6.82. The smallest absolute Gasteiger partial charge is 0.287 e. The summed E-state index contributed by atoms with van der Waals surface area (Å²) in [7, 11) is 0. The molecule has 1 aliphatic heterocycles. The molecule has 1 aromatic rings. The van der Waals surface area contributed by atoms with Crippen molar-refractivity contribution < 1.29 is 9.84 Å². The monoisotopic (exact) mass is 287 g/mol. The summed E-state index contributed by atoms with van der Waals surface area (Å²) in [5.74, 6) is 0. The summed E-state index contributed by atoms with van der Waals surface area (Å²) >= 11 is 5.99. The Morgan fingerprint density at radius 1 is 1.58 bits per heavy atom. The third kappa shape index (κ3) is 3.68. The number of hydrogen-bond acceptors (Lipinski definition) is 5. The van der Waals surface area contributed by atoms with Crippen LogP contribution in [-0.2, 0) is 11.3 Å². The number of ether oxygens (including phenoxy) is 1. The van der Waals surface area contributed by atoms with E-state index in [2.05, 4.69) is 10.4 Å². The molecule has 1 saturated heterocycles. The van der Waals surface area contributed by atoms with Gasteiger partial charge >= 0.3 is 0 Å². The Kier molecular flexibility index (Phi) is 5.18. The molecule has 7 heteroatoms. The van der Waals surface area contributed by atoms with Gasteiger partial charge in [-0.3, -0.25) is 4.79 Å². The summed E-state index contributed by atoms with van der Waals surface area (Å²) < 4.78 is 6.73. The molecule has 0 saturated carbocycles. The van der Waals surface area contributed by atoms with Crippen LogP contribution in [0.5, 0.6) is 0 Å². The molecule has 2 N–H and O–H groups in total. The minimum atomic E-state index is -0.398. The number of hydrogen-bond donors (Lipinski definition) is 2. The van der Waals surface area contributed by atoms with Gasteiger partial charge in [0.1, 0.15) is 5.02 Å². The Bertz CT molecular complexity index is 472. The number of aliphatic hydroxyl groups excluding tert-OH is 1. The quantitative estimate of drug-likeness (QED) is 0.840. The summed E-state index contributed by atoms with van der Waals surface area (Å²) in [6.45, 7) is 1.40. The lowest BCUT2D eigenvalue weighted by atomic mass is 10.1. The minimum Gasteiger partial charge on any atom is -0.394 e. The molecular weight excluding hydrogens is 270 g/mol. The summed E-state index contributed by atoms with van der Waals surface area (Å²) in [5, 5.41) is 15.9. The van der Waals surface area contributed by atoms with E-state index in [1.165, 1.54) is 6.20 Å².